The number of thioether (sulfide) groups is 1. The van der Waals surface area contributed by atoms with Crippen LogP contribution in [0.4, 0.5) is 5.69 Å². The third-order valence-corrected chi connectivity index (χ3v) is 5.08. The summed E-state index contributed by atoms with van der Waals surface area (Å²) in [4.78, 5) is 16.6. The van der Waals surface area contributed by atoms with Gasteiger partial charge in [0.2, 0.25) is 0 Å². The molecule has 1 aromatic carbocycles. The van der Waals surface area contributed by atoms with Crippen LogP contribution in [0.25, 0.3) is 0 Å². The summed E-state index contributed by atoms with van der Waals surface area (Å²) in [6, 6.07) is 11.0. The first-order valence-corrected chi connectivity index (χ1v) is 8.79. The molecule has 24 heavy (non-hydrogen) atoms. The molecule has 2 heterocycles. The maximum Gasteiger partial charge on any atom is 0.255 e. The summed E-state index contributed by atoms with van der Waals surface area (Å²) in [5.41, 5.74) is 5.80. The third-order valence-electron chi connectivity index (χ3n) is 3.56. The highest BCUT2D eigenvalue weighted by atomic mass is 35.5. The Hall–Kier alpha value is -2.02. The summed E-state index contributed by atoms with van der Waals surface area (Å²) in [5.74, 6) is 0.674. The van der Waals surface area contributed by atoms with Gasteiger partial charge in [-0.2, -0.15) is 0 Å². The van der Waals surface area contributed by atoms with Crippen molar-refractivity contribution in [1.29, 1.82) is 0 Å². The summed E-state index contributed by atoms with van der Waals surface area (Å²) in [5, 5.41) is 6.38. The van der Waals surface area contributed by atoms with E-state index in [-0.39, 0.29) is 5.91 Å². The predicted octanol–water partition coefficient (Wildman–Crippen LogP) is 3.27. The molecule has 1 aliphatic rings. The molecule has 0 saturated heterocycles. The van der Waals surface area contributed by atoms with Crippen molar-refractivity contribution >= 4 is 35.0 Å². The molecule has 2 aromatic rings. The molecule has 1 aromatic heterocycles. The van der Waals surface area contributed by atoms with E-state index < -0.39 is 0 Å². The number of anilines is 1. The molecule has 0 unspecified atom stereocenters. The fourth-order valence-electron chi connectivity index (χ4n) is 2.28. The Morgan fingerprint density at radius 2 is 2.00 bits per heavy atom. The van der Waals surface area contributed by atoms with E-state index in [0.717, 1.165) is 22.0 Å². The van der Waals surface area contributed by atoms with E-state index in [1.807, 2.05) is 24.2 Å². The van der Waals surface area contributed by atoms with Gasteiger partial charge >= 0.3 is 0 Å². The number of hydrazine groups is 1. The van der Waals surface area contributed by atoms with Crippen molar-refractivity contribution < 1.29 is 4.79 Å². The fourth-order valence-corrected chi connectivity index (χ4v) is 3.50. The van der Waals surface area contributed by atoms with Gasteiger partial charge in [-0.15, -0.1) is 11.8 Å². The van der Waals surface area contributed by atoms with E-state index in [2.05, 4.69) is 15.7 Å². The predicted molar refractivity (Wildman–Crippen MR) is 98.4 cm³/mol. The van der Waals surface area contributed by atoms with Gasteiger partial charge in [0.15, 0.2) is 0 Å². The highest BCUT2D eigenvalue weighted by Crippen LogP contribution is 2.29. The zero-order valence-corrected chi connectivity index (χ0v) is 14.7. The minimum Gasteiger partial charge on any atom is -0.322 e. The standard InChI is InChI=1S/C17H17ClN4OS/c1-22-17(24-11-12-6-8-19-9-7-12)15(10-20-22)16(23)21-14-4-2-13(18)3-5-14/h2-9,20H,10-11H2,1H3,(H,21,23). The molecule has 0 aliphatic carbocycles. The van der Waals surface area contributed by atoms with Crippen molar-refractivity contribution in [1.82, 2.24) is 15.4 Å². The van der Waals surface area contributed by atoms with Crippen LogP contribution in [0.15, 0.2) is 59.4 Å². The monoisotopic (exact) mass is 360 g/mol. The van der Waals surface area contributed by atoms with Gasteiger partial charge < -0.3 is 10.3 Å². The van der Waals surface area contributed by atoms with Crippen molar-refractivity contribution in [2.75, 3.05) is 18.9 Å². The Labute approximate surface area is 150 Å². The average molecular weight is 361 g/mol. The van der Waals surface area contributed by atoms with E-state index in [1.165, 1.54) is 5.56 Å². The number of nitrogens with one attached hydrogen (secondary N) is 2. The number of pyridine rings is 1. The third kappa shape index (κ3) is 4.08. The van der Waals surface area contributed by atoms with Crippen molar-refractivity contribution in [3.63, 3.8) is 0 Å². The van der Waals surface area contributed by atoms with Gasteiger partial charge in [0.1, 0.15) is 0 Å². The second kappa shape index (κ2) is 7.70. The number of carbonyl (C=O) groups is 1. The first kappa shape index (κ1) is 16.8. The molecule has 3 rings (SSSR count). The summed E-state index contributed by atoms with van der Waals surface area (Å²) in [6.07, 6.45) is 3.55. The maximum absolute atomic E-state index is 12.6. The van der Waals surface area contributed by atoms with Crippen molar-refractivity contribution in [2.45, 2.75) is 5.75 Å². The number of amides is 1. The largest absolute Gasteiger partial charge is 0.322 e. The van der Waals surface area contributed by atoms with Gasteiger partial charge in [-0.1, -0.05) is 11.6 Å². The number of benzene rings is 1. The summed E-state index contributed by atoms with van der Waals surface area (Å²) < 4.78 is 0. The first-order valence-electron chi connectivity index (χ1n) is 7.42. The van der Waals surface area contributed by atoms with Gasteiger partial charge in [-0.05, 0) is 42.0 Å². The molecule has 0 fully saturated rings. The molecule has 0 bridgehead atoms. The minimum atomic E-state index is -0.105. The molecule has 7 heteroatoms. The van der Waals surface area contributed by atoms with Crippen molar-refractivity contribution in [3.05, 3.63) is 70.0 Å². The Morgan fingerprint density at radius 3 is 2.71 bits per heavy atom. The lowest BCUT2D eigenvalue weighted by atomic mass is 10.2. The Kier molecular flexibility index (Phi) is 5.40. The van der Waals surface area contributed by atoms with Gasteiger partial charge in [0, 0.05) is 42.4 Å². The summed E-state index contributed by atoms with van der Waals surface area (Å²) in [7, 11) is 1.91. The molecule has 2 N–H and O–H groups in total. The van der Waals surface area contributed by atoms with Crippen LogP contribution in [0.1, 0.15) is 5.56 Å². The van der Waals surface area contributed by atoms with Gasteiger partial charge in [0.25, 0.3) is 5.91 Å². The normalized spacial score (nSPS) is 14.2. The average Bonchev–Trinajstić information content (AvgIpc) is 2.97. The molecule has 0 saturated carbocycles. The molecule has 124 valence electrons. The summed E-state index contributed by atoms with van der Waals surface area (Å²) in [6.45, 7) is 0.509. The number of hydrogen-bond donors (Lipinski definition) is 2. The highest BCUT2D eigenvalue weighted by Gasteiger charge is 2.25. The quantitative estimate of drug-likeness (QED) is 0.857. The second-order valence-electron chi connectivity index (χ2n) is 5.28. The molecular formula is C17H17ClN4OS. The van der Waals surface area contributed by atoms with Crippen molar-refractivity contribution in [3.8, 4) is 0 Å². The first-order chi connectivity index (χ1) is 11.6. The highest BCUT2D eigenvalue weighted by molar-refractivity contribution is 8.02. The van der Waals surface area contributed by atoms with Crippen molar-refractivity contribution in [2.24, 2.45) is 0 Å². The lowest BCUT2D eigenvalue weighted by molar-refractivity contribution is -0.112. The zero-order valence-electron chi connectivity index (χ0n) is 13.1. The number of aromatic nitrogens is 1. The van der Waals surface area contributed by atoms with Crippen LogP contribution in [0, 0.1) is 0 Å². The van der Waals surface area contributed by atoms with Crippen LogP contribution in [0.2, 0.25) is 5.02 Å². The molecule has 0 atom stereocenters. The minimum absolute atomic E-state index is 0.105. The zero-order chi connectivity index (χ0) is 16.9. The van der Waals surface area contributed by atoms with E-state index in [1.54, 1.807) is 48.4 Å². The Morgan fingerprint density at radius 1 is 1.29 bits per heavy atom. The molecule has 5 nitrogen and oxygen atoms in total. The molecule has 0 spiro atoms. The van der Waals surface area contributed by atoms with E-state index in [4.69, 9.17) is 11.6 Å². The van der Waals surface area contributed by atoms with Gasteiger partial charge in [-0.3, -0.25) is 9.78 Å². The number of carbonyl (C=O) groups excluding carboxylic acids is 1. The fraction of sp³-hybridized carbons (Fsp3) is 0.176. The topological polar surface area (TPSA) is 57.3 Å². The Bertz CT molecular complexity index is 749. The van der Waals surface area contributed by atoms with Gasteiger partial charge in [0.05, 0.1) is 10.6 Å². The van der Waals surface area contributed by atoms with Crippen LogP contribution in [0.3, 0.4) is 0 Å². The maximum atomic E-state index is 12.6. The molecule has 1 aliphatic heterocycles. The number of nitrogens with zero attached hydrogens (tertiary/aromatic N) is 2. The SMILES string of the molecule is CN1NCC(C(=O)Nc2ccc(Cl)cc2)=C1SCc1ccncc1. The van der Waals surface area contributed by atoms with E-state index in [0.29, 0.717) is 11.6 Å². The Balaban J connectivity index is 1.71. The van der Waals surface area contributed by atoms with Crippen LogP contribution < -0.4 is 10.7 Å². The van der Waals surface area contributed by atoms with Crippen LogP contribution >= 0.6 is 23.4 Å². The van der Waals surface area contributed by atoms with Crippen LogP contribution in [-0.4, -0.2) is 29.5 Å². The lowest BCUT2D eigenvalue weighted by Crippen LogP contribution is -2.26. The van der Waals surface area contributed by atoms with Gasteiger partial charge in [-0.25, -0.2) is 5.43 Å². The van der Waals surface area contributed by atoms with E-state index >= 15 is 0 Å². The van der Waals surface area contributed by atoms with Crippen LogP contribution in [-0.2, 0) is 10.5 Å². The second-order valence-corrected chi connectivity index (χ2v) is 6.68. The smallest absolute Gasteiger partial charge is 0.255 e. The lowest BCUT2D eigenvalue weighted by Gasteiger charge is -2.15. The number of hydrogen-bond acceptors (Lipinski definition) is 5. The molecule has 0 radical (unpaired) electrons. The number of rotatable bonds is 5. The summed E-state index contributed by atoms with van der Waals surface area (Å²) >= 11 is 7.50. The van der Waals surface area contributed by atoms with Crippen LogP contribution in [0.5, 0.6) is 0 Å². The molecule has 1 amide bonds. The number of halogens is 1. The molecular weight excluding hydrogens is 344 g/mol. The van der Waals surface area contributed by atoms with E-state index in [9.17, 15) is 4.79 Å².